The summed E-state index contributed by atoms with van der Waals surface area (Å²) in [5, 5.41) is 55.5. The first-order valence-corrected chi connectivity index (χ1v) is 24.7. The van der Waals surface area contributed by atoms with Gasteiger partial charge in [0.2, 0.25) is 11.8 Å². The summed E-state index contributed by atoms with van der Waals surface area (Å²) in [6.45, 7) is 0. The average Bonchev–Trinajstić information content (AvgIpc) is 3.35. The van der Waals surface area contributed by atoms with Crippen LogP contribution in [-0.4, -0.2) is 60.6 Å². The van der Waals surface area contributed by atoms with Gasteiger partial charge >= 0.3 is 99.3 Å². The smallest absolute Gasteiger partial charge is 0.744 e. The molecule has 2 amide bonds. The van der Waals surface area contributed by atoms with Gasteiger partial charge in [0.25, 0.3) is 0 Å². The minimum Gasteiger partial charge on any atom is -0.744 e. The van der Waals surface area contributed by atoms with E-state index in [9.17, 15) is 45.7 Å². The van der Waals surface area contributed by atoms with Crippen molar-refractivity contribution >= 4 is 121 Å². The van der Waals surface area contributed by atoms with Gasteiger partial charge in [0, 0.05) is 45.0 Å². The summed E-state index contributed by atoms with van der Waals surface area (Å²) in [6.07, 6.45) is -0.0792. The molecule has 0 aliphatic carbocycles. The van der Waals surface area contributed by atoms with Gasteiger partial charge in [-0.05, 0) is 121 Å². The summed E-state index contributed by atoms with van der Waals surface area (Å²) in [4.78, 5) is 21.1. The molecule has 0 heterocycles. The Morgan fingerprint density at radius 3 is 1.42 bits per heavy atom. The second-order valence-electron chi connectivity index (χ2n) is 15.5. The van der Waals surface area contributed by atoms with Crippen LogP contribution in [0.25, 0.3) is 21.5 Å². The predicted molar refractivity (Wildman–Crippen MR) is 267 cm³/mol. The van der Waals surface area contributed by atoms with E-state index in [-0.39, 0.29) is 162 Å². The molecule has 0 aliphatic heterocycles. The maximum absolute atomic E-state index is 12.5. The van der Waals surface area contributed by atoms with Gasteiger partial charge in [0.15, 0.2) is 5.75 Å². The molecule has 0 aromatic heterocycles. The van der Waals surface area contributed by atoms with Crippen LogP contribution in [0.4, 0.5) is 56.9 Å². The van der Waals surface area contributed by atoms with Crippen LogP contribution < -0.4 is 112 Å². The monoisotopic (exact) mass is 1140 g/mol. The number of phenols is 2. The molecule has 380 valence electrons. The second-order valence-corrected chi connectivity index (χ2v) is 18.6. The average molecular weight is 1140 g/mol. The van der Waals surface area contributed by atoms with Crippen LogP contribution in [0.15, 0.2) is 178 Å². The van der Waals surface area contributed by atoms with E-state index in [4.69, 9.17) is 35.6 Å². The zero-order valence-corrected chi connectivity index (χ0v) is 49.3. The van der Waals surface area contributed by atoms with Crippen molar-refractivity contribution in [2.24, 2.45) is 52.4 Å². The van der Waals surface area contributed by atoms with E-state index in [0.717, 1.165) is 12.1 Å². The number of primary amides is 2. The third kappa shape index (κ3) is 15.7. The summed E-state index contributed by atoms with van der Waals surface area (Å²) < 4.78 is 101. The van der Waals surface area contributed by atoms with Crippen LogP contribution in [0.5, 0.6) is 11.5 Å². The number of fused-ring (bicyclic) bond motifs is 2. The Labute approximate surface area is 510 Å². The standard InChI is InChI=1S/C47H35N12O10S2.3Na.O3S/c48-34-16-19-36(56-52-29-10-3-25(4-11-29)46(50)62)32-15-18-38(44(60)41(32)34)58-54-28-8-1-24(2-9-28)21-27-7-14-31(22-39(27)70(64,65)66)55-59-43-40(71(67,68)69)23-33-37(20-17-35(49)42(33)45(43)61)57-53-30-12-5-26(6-13-30)47(51)63;;;;1-4(2)3/h1-17,19-20,22-23,60-61H,21,48-49H2,(H2,50,62)(H2,51,63)(H,64,65,66)(H,67,68,69);;;;/q-1;3*+1;/p-2. The molecule has 8 aromatic rings. The van der Waals surface area contributed by atoms with Gasteiger partial charge < -0.3 is 42.3 Å². The van der Waals surface area contributed by atoms with E-state index < -0.39 is 63.9 Å². The summed E-state index contributed by atoms with van der Waals surface area (Å²) in [5.41, 5.74) is 24.4. The van der Waals surface area contributed by atoms with Gasteiger partial charge in [-0.15, -0.1) is 22.9 Å². The van der Waals surface area contributed by atoms with Crippen molar-refractivity contribution in [3.8, 4) is 11.5 Å². The van der Waals surface area contributed by atoms with E-state index >= 15 is 0 Å². The molecule has 10 N–H and O–H groups in total. The SMILES string of the molecule is NC(=O)c1ccc(N=Nc2ccc(N)c3c(O)c(N=Nc4ccc(Cc5ccc(N=Nc6c(S(=O)(=O)[O-])cc7c(N=Nc8ccc(C(N)=O)cc8)ccc(N)c7c6O)cc5S(=O)(=O)[O-])cc4)[c-]cc23)cc1.O=S(=O)=O.[Na+].[Na+].[Na+]. The molecular formula is C47H33N12Na3O13S3. The van der Waals surface area contributed by atoms with Crippen molar-refractivity contribution in [2.75, 3.05) is 11.5 Å². The van der Waals surface area contributed by atoms with Crippen LogP contribution in [0, 0.1) is 6.07 Å². The second kappa shape index (κ2) is 27.2. The maximum atomic E-state index is 12.5. The Hall–Kier alpha value is -6.74. The molecule has 8 aromatic carbocycles. The van der Waals surface area contributed by atoms with Gasteiger partial charge in [-0.2, -0.15) is 42.8 Å². The normalized spacial score (nSPS) is 11.5. The van der Waals surface area contributed by atoms with Gasteiger partial charge in [-0.25, -0.2) is 16.8 Å². The Balaban J connectivity index is 0.00000181. The fourth-order valence-electron chi connectivity index (χ4n) is 7.08. The zero-order chi connectivity index (χ0) is 54.4. The molecule has 0 saturated carbocycles. The first kappa shape index (κ1) is 63.8. The Kier molecular flexibility index (Phi) is 22.3. The number of amides is 2. The third-order valence-corrected chi connectivity index (χ3v) is 12.4. The molecule has 0 atom stereocenters. The first-order chi connectivity index (χ1) is 35.5. The minimum absolute atomic E-state index is 0. The summed E-state index contributed by atoms with van der Waals surface area (Å²) in [7, 11) is -13.7. The van der Waals surface area contributed by atoms with Crippen molar-refractivity contribution in [1.29, 1.82) is 0 Å². The number of benzene rings is 8. The summed E-state index contributed by atoms with van der Waals surface area (Å²) >= 11 is 0. The molecular weight excluding hydrogens is 1110 g/mol. The van der Waals surface area contributed by atoms with Crippen molar-refractivity contribution in [2.45, 2.75) is 16.2 Å². The number of rotatable bonds is 14. The quantitative estimate of drug-likeness (QED) is 0.0266. The number of hydrogen-bond donors (Lipinski definition) is 6. The van der Waals surface area contributed by atoms with E-state index in [1.165, 1.54) is 72.8 Å². The molecule has 31 heteroatoms. The number of azo groups is 4. The van der Waals surface area contributed by atoms with Gasteiger partial charge in [0.1, 0.15) is 25.9 Å². The fourth-order valence-corrected chi connectivity index (χ4v) is 8.44. The molecule has 0 fully saturated rings. The zero-order valence-electron chi connectivity index (χ0n) is 40.8. The fraction of sp³-hybridized carbons (Fsp3) is 0.0213. The minimum atomic E-state index is -5.39. The molecule has 0 spiro atoms. The van der Waals surface area contributed by atoms with Gasteiger partial charge in [-0.1, -0.05) is 29.0 Å². The first-order valence-electron chi connectivity index (χ1n) is 20.9. The molecule has 0 aliphatic rings. The molecule has 8 rings (SSSR count). The van der Waals surface area contributed by atoms with Crippen LogP contribution in [-0.2, 0) is 37.3 Å². The van der Waals surface area contributed by atoms with Crippen molar-refractivity contribution < 1.29 is 147 Å². The van der Waals surface area contributed by atoms with Gasteiger partial charge in [-0.3, -0.25) is 9.59 Å². The number of nitrogens with two attached hydrogens (primary N) is 4. The van der Waals surface area contributed by atoms with Crippen molar-refractivity contribution in [1.82, 2.24) is 0 Å². The predicted octanol–water partition coefficient (Wildman–Crippen LogP) is -0.365. The molecule has 0 radical (unpaired) electrons. The van der Waals surface area contributed by atoms with E-state index in [0.29, 0.717) is 33.6 Å². The number of nitrogen functional groups attached to an aromatic ring is 2. The largest absolute Gasteiger partial charge is 1.00 e. The van der Waals surface area contributed by atoms with E-state index in [1.807, 2.05) is 0 Å². The number of phenolic OH excluding ortho intramolecular Hbond substituents is 2. The van der Waals surface area contributed by atoms with E-state index in [1.54, 1.807) is 42.5 Å². The van der Waals surface area contributed by atoms with Crippen molar-refractivity contribution in [3.05, 3.63) is 156 Å². The summed E-state index contributed by atoms with van der Waals surface area (Å²) in [6, 6.07) is 32.7. The molecule has 78 heavy (non-hydrogen) atoms. The third-order valence-electron chi connectivity index (χ3n) is 10.6. The van der Waals surface area contributed by atoms with Crippen LogP contribution >= 0.6 is 0 Å². The maximum Gasteiger partial charge on any atom is 1.00 e. The van der Waals surface area contributed by atoms with Gasteiger partial charge in [0.05, 0.1) is 43.6 Å². The van der Waals surface area contributed by atoms with Crippen molar-refractivity contribution in [3.63, 3.8) is 0 Å². The number of aromatic hydroxyl groups is 2. The molecule has 0 saturated heterocycles. The molecule has 0 bridgehead atoms. The molecule has 25 nitrogen and oxygen atoms in total. The van der Waals surface area contributed by atoms with Crippen LogP contribution in [0.1, 0.15) is 31.8 Å². The number of nitrogens with zero attached hydrogens (tertiary/aromatic N) is 8. The number of carbonyl (C=O) groups excluding carboxylic acids is 2. The summed E-state index contributed by atoms with van der Waals surface area (Å²) in [5.74, 6) is -2.45. The van der Waals surface area contributed by atoms with Crippen LogP contribution in [0.2, 0.25) is 0 Å². The Bertz CT molecular complexity index is 4100. The molecule has 0 unspecified atom stereocenters. The topological polar surface area (TPSA) is 443 Å². The Morgan fingerprint density at radius 2 is 0.949 bits per heavy atom. The Morgan fingerprint density at radius 1 is 0.526 bits per heavy atom. The number of anilines is 2. The van der Waals surface area contributed by atoms with E-state index in [2.05, 4.69) is 47.0 Å². The number of hydrogen-bond acceptors (Lipinski definition) is 23. The van der Waals surface area contributed by atoms with Crippen LogP contribution in [0.3, 0.4) is 0 Å². The number of carbonyl (C=O) groups is 2.